The lowest BCUT2D eigenvalue weighted by Gasteiger charge is -2.33. The van der Waals surface area contributed by atoms with E-state index in [1.54, 1.807) is 0 Å². The lowest BCUT2D eigenvalue weighted by atomic mass is 10.0. The molecule has 21 heavy (non-hydrogen) atoms. The van der Waals surface area contributed by atoms with Crippen LogP contribution < -0.4 is 5.32 Å². The predicted molar refractivity (Wildman–Crippen MR) is 82.2 cm³/mol. The fourth-order valence-corrected chi connectivity index (χ4v) is 3.30. The second kappa shape index (κ2) is 8.92. The van der Waals surface area contributed by atoms with Gasteiger partial charge >= 0.3 is 5.97 Å². The van der Waals surface area contributed by atoms with Crippen molar-refractivity contribution in [3.63, 3.8) is 0 Å². The van der Waals surface area contributed by atoms with Crippen molar-refractivity contribution in [2.24, 2.45) is 0 Å². The summed E-state index contributed by atoms with van der Waals surface area (Å²) in [4.78, 5) is 35.9. The number of amides is 2. The number of aliphatic carboxylic acids is 1. The smallest absolute Gasteiger partial charge is 0.326 e. The summed E-state index contributed by atoms with van der Waals surface area (Å²) in [5.41, 5.74) is 0. The van der Waals surface area contributed by atoms with Gasteiger partial charge in [-0.3, -0.25) is 9.59 Å². The molecular weight excluding hydrogens is 292 g/mol. The highest BCUT2D eigenvalue weighted by atomic mass is 32.2. The molecule has 1 saturated heterocycles. The minimum Gasteiger partial charge on any atom is -0.480 e. The Balaban J connectivity index is 2.27. The first-order chi connectivity index (χ1) is 9.91. The molecule has 1 heterocycles. The first-order valence-electron chi connectivity index (χ1n) is 7.29. The second-order valence-corrected chi connectivity index (χ2v) is 6.47. The van der Waals surface area contributed by atoms with Crippen LogP contribution in [0.1, 0.15) is 39.5 Å². The fourth-order valence-electron chi connectivity index (χ4n) is 2.41. The zero-order chi connectivity index (χ0) is 15.8. The van der Waals surface area contributed by atoms with E-state index in [0.29, 0.717) is 24.0 Å². The Hall–Kier alpha value is -1.24. The van der Waals surface area contributed by atoms with Gasteiger partial charge < -0.3 is 15.3 Å². The molecule has 1 fully saturated rings. The standard InChI is InChI=1S/C14H24N2O4S/c1-10-5-3-4-7-16(10)13(18)9-21-8-6-12(14(19)20)15-11(2)17/h10,12H,3-9H2,1-2H3,(H,15,17)(H,19,20). The number of carbonyl (C=O) groups is 3. The largest absolute Gasteiger partial charge is 0.480 e. The van der Waals surface area contributed by atoms with Crippen molar-refractivity contribution in [3.05, 3.63) is 0 Å². The fraction of sp³-hybridized carbons (Fsp3) is 0.786. The number of nitrogens with zero attached hydrogens (tertiary/aromatic N) is 1. The molecule has 2 amide bonds. The average Bonchev–Trinajstić information content (AvgIpc) is 2.41. The minimum atomic E-state index is -1.04. The normalized spacial score (nSPS) is 19.9. The van der Waals surface area contributed by atoms with Gasteiger partial charge in [-0.15, -0.1) is 0 Å². The molecule has 1 aliphatic rings. The van der Waals surface area contributed by atoms with Crippen molar-refractivity contribution in [1.29, 1.82) is 0 Å². The van der Waals surface area contributed by atoms with Crippen LogP contribution >= 0.6 is 11.8 Å². The van der Waals surface area contributed by atoms with Gasteiger partial charge in [0.2, 0.25) is 11.8 Å². The molecule has 0 aliphatic carbocycles. The first kappa shape index (κ1) is 17.8. The molecule has 0 saturated carbocycles. The van der Waals surface area contributed by atoms with E-state index in [-0.39, 0.29) is 11.8 Å². The topological polar surface area (TPSA) is 86.7 Å². The maximum atomic E-state index is 12.1. The molecule has 6 nitrogen and oxygen atoms in total. The SMILES string of the molecule is CC(=O)NC(CCSCC(=O)N1CCCCC1C)C(=O)O. The highest BCUT2D eigenvalue weighted by Gasteiger charge is 2.23. The van der Waals surface area contributed by atoms with Gasteiger partial charge in [0.05, 0.1) is 5.75 Å². The van der Waals surface area contributed by atoms with Crippen LogP contribution in [0, 0.1) is 0 Å². The summed E-state index contributed by atoms with van der Waals surface area (Å²) in [6.45, 7) is 4.19. The van der Waals surface area contributed by atoms with Crippen LogP contribution in [0.5, 0.6) is 0 Å². The molecule has 0 bridgehead atoms. The van der Waals surface area contributed by atoms with E-state index in [1.807, 2.05) is 4.90 Å². The number of carboxylic acid groups (broad SMARTS) is 1. The van der Waals surface area contributed by atoms with Crippen LogP contribution in [0.15, 0.2) is 0 Å². The molecule has 7 heteroatoms. The summed E-state index contributed by atoms with van der Waals surface area (Å²) in [5, 5.41) is 11.4. The van der Waals surface area contributed by atoms with E-state index in [9.17, 15) is 14.4 Å². The van der Waals surface area contributed by atoms with Crippen LogP contribution in [0.4, 0.5) is 0 Å². The van der Waals surface area contributed by atoms with Crippen LogP contribution in [0.25, 0.3) is 0 Å². The van der Waals surface area contributed by atoms with Crippen molar-refractivity contribution >= 4 is 29.5 Å². The number of likely N-dealkylation sites (tertiary alicyclic amines) is 1. The van der Waals surface area contributed by atoms with Gasteiger partial charge in [0.25, 0.3) is 0 Å². The van der Waals surface area contributed by atoms with Crippen LogP contribution in [-0.2, 0) is 14.4 Å². The van der Waals surface area contributed by atoms with E-state index in [4.69, 9.17) is 5.11 Å². The van der Waals surface area contributed by atoms with Gasteiger partial charge in [0, 0.05) is 19.5 Å². The van der Waals surface area contributed by atoms with Gasteiger partial charge in [-0.2, -0.15) is 11.8 Å². The Morgan fingerprint density at radius 2 is 2.10 bits per heavy atom. The number of hydrogen-bond donors (Lipinski definition) is 2. The summed E-state index contributed by atoms with van der Waals surface area (Å²) >= 11 is 1.42. The third kappa shape index (κ3) is 6.37. The molecule has 0 spiro atoms. The Bertz CT molecular complexity index is 389. The van der Waals surface area contributed by atoms with Gasteiger partial charge in [-0.1, -0.05) is 0 Å². The van der Waals surface area contributed by atoms with Crippen LogP contribution in [-0.4, -0.2) is 57.9 Å². The van der Waals surface area contributed by atoms with Gasteiger partial charge in [-0.05, 0) is 38.4 Å². The number of nitrogens with one attached hydrogen (secondary N) is 1. The summed E-state index contributed by atoms with van der Waals surface area (Å²) in [5.74, 6) is -0.368. The van der Waals surface area contributed by atoms with E-state index in [0.717, 1.165) is 19.4 Å². The maximum absolute atomic E-state index is 12.1. The minimum absolute atomic E-state index is 0.124. The summed E-state index contributed by atoms with van der Waals surface area (Å²) in [6.07, 6.45) is 3.61. The molecule has 0 aromatic carbocycles. The molecule has 120 valence electrons. The third-order valence-corrected chi connectivity index (χ3v) is 4.55. The lowest BCUT2D eigenvalue weighted by molar-refractivity contribution is -0.141. The number of hydrogen-bond acceptors (Lipinski definition) is 4. The van der Waals surface area contributed by atoms with E-state index < -0.39 is 12.0 Å². The number of carboxylic acids is 1. The molecule has 1 rings (SSSR count). The quantitative estimate of drug-likeness (QED) is 0.687. The number of thioether (sulfide) groups is 1. The van der Waals surface area contributed by atoms with E-state index >= 15 is 0 Å². The zero-order valence-corrected chi connectivity index (χ0v) is 13.4. The monoisotopic (exact) mass is 316 g/mol. The molecule has 2 unspecified atom stereocenters. The summed E-state index contributed by atoms with van der Waals surface area (Å²) < 4.78 is 0. The van der Waals surface area contributed by atoms with Crippen molar-refractivity contribution in [2.45, 2.75) is 51.6 Å². The zero-order valence-electron chi connectivity index (χ0n) is 12.6. The Kier molecular flexibility index (Phi) is 7.56. The van der Waals surface area contributed by atoms with Crippen LogP contribution in [0.3, 0.4) is 0 Å². The van der Waals surface area contributed by atoms with Crippen molar-refractivity contribution in [2.75, 3.05) is 18.1 Å². The second-order valence-electron chi connectivity index (χ2n) is 5.36. The molecule has 0 radical (unpaired) electrons. The van der Waals surface area contributed by atoms with E-state index in [1.165, 1.54) is 25.1 Å². The Morgan fingerprint density at radius 3 is 2.67 bits per heavy atom. The molecule has 0 aromatic heterocycles. The summed E-state index contributed by atoms with van der Waals surface area (Å²) in [7, 11) is 0. The van der Waals surface area contributed by atoms with Crippen molar-refractivity contribution in [1.82, 2.24) is 10.2 Å². The average molecular weight is 316 g/mol. The number of rotatable bonds is 7. The summed E-state index contributed by atoms with van der Waals surface area (Å²) in [6, 6.07) is -0.572. The highest BCUT2D eigenvalue weighted by molar-refractivity contribution is 7.99. The molecule has 2 N–H and O–H groups in total. The molecule has 2 atom stereocenters. The van der Waals surface area contributed by atoms with Crippen LogP contribution in [0.2, 0.25) is 0 Å². The predicted octanol–water partition coefficient (Wildman–Crippen LogP) is 1.10. The highest BCUT2D eigenvalue weighted by Crippen LogP contribution is 2.18. The Labute approximate surface area is 129 Å². The molecular formula is C14H24N2O4S. The van der Waals surface area contributed by atoms with Crippen molar-refractivity contribution < 1.29 is 19.5 Å². The molecule has 0 aromatic rings. The maximum Gasteiger partial charge on any atom is 0.326 e. The Morgan fingerprint density at radius 1 is 1.38 bits per heavy atom. The van der Waals surface area contributed by atoms with Crippen molar-refractivity contribution in [3.8, 4) is 0 Å². The van der Waals surface area contributed by atoms with Gasteiger partial charge in [-0.25, -0.2) is 4.79 Å². The number of carbonyl (C=O) groups excluding carboxylic acids is 2. The number of piperidine rings is 1. The third-order valence-electron chi connectivity index (χ3n) is 3.58. The lowest BCUT2D eigenvalue weighted by Crippen LogP contribution is -2.43. The molecule has 1 aliphatic heterocycles. The first-order valence-corrected chi connectivity index (χ1v) is 8.44. The van der Waals surface area contributed by atoms with Gasteiger partial charge in [0.15, 0.2) is 0 Å². The van der Waals surface area contributed by atoms with Gasteiger partial charge in [0.1, 0.15) is 6.04 Å². The van der Waals surface area contributed by atoms with E-state index in [2.05, 4.69) is 12.2 Å².